The van der Waals surface area contributed by atoms with Gasteiger partial charge in [-0.25, -0.2) is 9.98 Å². The van der Waals surface area contributed by atoms with Crippen LogP contribution in [0, 0.1) is 0 Å². The molecule has 3 aromatic rings. The number of ether oxygens (including phenoxy) is 2. The third kappa shape index (κ3) is 1.76. The number of nitrogens with two attached hydrogens (primary N) is 1. The summed E-state index contributed by atoms with van der Waals surface area (Å²) in [5.41, 5.74) is 8.79. The fourth-order valence-electron chi connectivity index (χ4n) is 3.01. The fraction of sp³-hybridized carbons (Fsp3) is 0.125. The van der Waals surface area contributed by atoms with Gasteiger partial charge in [-0.1, -0.05) is 18.2 Å². The van der Waals surface area contributed by atoms with Gasteiger partial charge in [0.2, 0.25) is 12.7 Å². The number of fused-ring (bicyclic) bond motifs is 4. The Labute approximate surface area is 131 Å². The first kappa shape index (κ1) is 12.3. The number of hydrogen-bond acceptors (Lipinski definition) is 6. The summed E-state index contributed by atoms with van der Waals surface area (Å²) < 4.78 is 12.9. The number of hydrogen-bond donors (Lipinski definition) is 2. The molecular formula is C16H13N5O2. The Hall–Kier alpha value is -3.22. The van der Waals surface area contributed by atoms with Gasteiger partial charge in [-0.2, -0.15) is 0 Å². The van der Waals surface area contributed by atoms with Gasteiger partial charge in [-0.05, 0) is 24.3 Å². The summed E-state index contributed by atoms with van der Waals surface area (Å²) in [6.45, 7) is 0.246. The van der Waals surface area contributed by atoms with Gasteiger partial charge in [0.25, 0.3) is 0 Å². The summed E-state index contributed by atoms with van der Waals surface area (Å²) in [5, 5.41) is 3.03. The molecule has 0 saturated carbocycles. The van der Waals surface area contributed by atoms with Crippen LogP contribution in [0.1, 0.15) is 11.7 Å². The lowest BCUT2D eigenvalue weighted by molar-refractivity contribution is 0.174. The number of rotatable bonds is 1. The molecule has 0 radical (unpaired) electrons. The van der Waals surface area contributed by atoms with Crippen molar-refractivity contribution in [3.63, 3.8) is 0 Å². The zero-order valence-electron chi connectivity index (χ0n) is 12.1. The predicted molar refractivity (Wildman–Crippen MR) is 85.7 cm³/mol. The van der Waals surface area contributed by atoms with E-state index in [4.69, 9.17) is 15.2 Å². The van der Waals surface area contributed by atoms with Crippen molar-refractivity contribution in [2.45, 2.75) is 6.17 Å². The molecule has 1 atom stereocenters. The van der Waals surface area contributed by atoms with E-state index in [2.05, 4.69) is 15.3 Å². The lowest BCUT2D eigenvalue weighted by Gasteiger charge is -2.23. The number of guanidine groups is 1. The molecule has 3 N–H and O–H groups in total. The maximum Gasteiger partial charge on any atom is 0.231 e. The Morgan fingerprint density at radius 2 is 2.00 bits per heavy atom. The highest BCUT2D eigenvalue weighted by Gasteiger charge is 2.26. The molecule has 1 aromatic heterocycles. The van der Waals surface area contributed by atoms with Crippen molar-refractivity contribution >= 4 is 22.9 Å². The molecule has 0 saturated heterocycles. The first-order chi connectivity index (χ1) is 11.3. The van der Waals surface area contributed by atoms with Crippen LogP contribution in [-0.4, -0.2) is 22.3 Å². The Morgan fingerprint density at radius 1 is 1.13 bits per heavy atom. The molecule has 114 valence electrons. The SMILES string of the molecule is NC1=NC(c2ccc3c(c2)OCO3)n2c(nc3ccccc32)N1. The van der Waals surface area contributed by atoms with Crippen molar-refractivity contribution in [3.05, 3.63) is 48.0 Å². The predicted octanol–water partition coefficient (Wildman–Crippen LogP) is 2.05. The topological polar surface area (TPSA) is 86.7 Å². The van der Waals surface area contributed by atoms with Crippen LogP contribution in [0.25, 0.3) is 11.0 Å². The second-order valence-corrected chi connectivity index (χ2v) is 5.42. The van der Waals surface area contributed by atoms with Crippen molar-refractivity contribution in [1.82, 2.24) is 9.55 Å². The summed E-state index contributed by atoms with van der Waals surface area (Å²) in [6, 6.07) is 13.7. The number of para-hydroxylation sites is 2. The highest BCUT2D eigenvalue weighted by Crippen LogP contribution is 2.38. The molecule has 0 amide bonds. The summed E-state index contributed by atoms with van der Waals surface area (Å²) in [6.07, 6.45) is -0.298. The number of anilines is 1. The van der Waals surface area contributed by atoms with E-state index in [1.165, 1.54) is 0 Å². The van der Waals surface area contributed by atoms with E-state index < -0.39 is 0 Å². The van der Waals surface area contributed by atoms with Gasteiger partial charge >= 0.3 is 0 Å². The smallest absolute Gasteiger partial charge is 0.231 e. The molecule has 0 bridgehead atoms. The third-order valence-corrected chi connectivity index (χ3v) is 4.04. The minimum atomic E-state index is -0.298. The number of nitrogens with zero attached hydrogens (tertiary/aromatic N) is 3. The van der Waals surface area contributed by atoms with E-state index in [9.17, 15) is 0 Å². The average Bonchev–Trinajstić information content (AvgIpc) is 3.17. The maximum absolute atomic E-state index is 5.94. The van der Waals surface area contributed by atoms with Gasteiger partial charge in [-0.3, -0.25) is 9.88 Å². The minimum Gasteiger partial charge on any atom is -0.454 e. The van der Waals surface area contributed by atoms with E-state index in [0.717, 1.165) is 28.1 Å². The number of nitrogens with one attached hydrogen (secondary N) is 1. The van der Waals surface area contributed by atoms with Gasteiger partial charge in [0.1, 0.15) is 0 Å². The Kier molecular flexibility index (Phi) is 2.35. The Bertz CT molecular complexity index is 962. The molecule has 7 heteroatoms. The second-order valence-electron chi connectivity index (χ2n) is 5.42. The largest absolute Gasteiger partial charge is 0.454 e. The fourth-order valence-corrected chi connectivity index (χ4v) is 3.01. The number of aromatic nitrogens is 2. The van der Waals surface area contributed by atoms with Gasteiger partial charge in [0.05, 0.1) is 11.0 Å². The molecule has 7 nitrogen and oxygen atoms in total. The summed E-state index contributed by atoms with van der Waals surface area (Å²) >= 11 is 0. The molecule has 5 rings (SSSR count). The maximum atomic E-state index is 5.94. The van der Waals surface area contributed by atoms with Crippen molar-refractivity contribution < 1.29 is 9.47 Å². The molecular weight excluding hydrogens is 294 g/mol. The molecule has 0 aliphatic carbocycles. The van der Waals surface area contributed by atoms with Crippen LogP contribution < -0.4 is 20.5 Å². The lowest BCUT2D eigenvalue weighted by Crippen LogP contribution is -2.31. The molecule has 1 unspecified atom stereocenters. The van der Waals surface area contributed by atoms with Crippen LogP contribution in [0.4, 0.5) is 5.95 Å². The highest BCUT2D eigenvalue weighted by molar-refractivity contribution is 5.94. The monoisotopic (exact) mass is 307 g/mol. The van der Waals surface area contributed by atoms with E-state index >= 15 is 0 Å². The zero-order chi connectivity index (χ0) is 15.4. The summed E-state index contributed by atoms with van der Waals surface area (Å²) in [5.74, 6) is 2.49. The van der Waals surface area contributed by atoms with Crippen LogP contribution in [0.5, 0.6) is 11.5 Å². The summed E-state index contributed by atoms with van der Waals surface area (Å²) in [7, 11) is 0. The van der Waals surface area contributed by atoms with Gasteiger partial charge in [0, 0.05) is 5.56 Å². The summed E-state index contributed by atoms with van der Waals surface area (Å²) in [4.78, 5) is 9.14. The van der Waals surface area contributed by atoms with E-state index in [1.54, 1.807) is 0 Å². The average molecular weight is 307 g/mol. The quantitative estimate of drug-likeness (QED) is 0.718. The van der Waals surface area contributed by atoms with Crippen molar-refractivity contribution in [1.29, 1.82) is 0 Å². The van der Waals surface area contributed by atoms with E-state index in [0.29, 0.717) is 11.9 Å². The molecule has 0 fully saturated rings. The molecule has 2 aliphatic heterocycles. The van der Waals surface area contributed by atoms with E-state index in [-0.39, 0.29) is 13.0 Å². The van der Waals surface area contributed by atoms with Crippen LogP contribution >= 0.6 is 0 Å². The Balaban J connectivity index is 1.72. The number of benzene rings is 2. The first-order valence-electron chi connectivity index (χ1n) is 7.26. The van der Waals surface area contributed by atoms with Crippen molar-refractivity contribution in [3.8, 4) is 11.5 Å². The minimum absolute atomic E-state index is 0.246. The molecule has 3 heterocycles. The van der Waals surface area contributed by atoms with Gasteiger partial charge in [-0.15, -0.1) is 0 Å². The first-order valence-corrected chi connectivity index (χ1v) is 7.26. The molecule has 2 aliphatic rings. The van der Waals surface area contributed by atoms with Crippen LogP contribution in [0.15, 0.2) is 47.5 Å². The van der Waals surface area contributed by atoms with Crippen LogP contribution in [-0.2, 0) is 0 Å². The Morgan fingerprint density at radius 3 is 2.96 bits per heavy atom. The third-order valence-electron chi connectivity index (χ3n) is 4.04. The highest BCUT2D eigenvalue weighted by atomic mass is 16.7. The van der Waals surface area contributed by atoms with Crippen LogP contribution in [0.2, 0.25) is 0 Å². The van der Waals surface area contributed by atoms with Gasteiger partial charge < -0.3 is 15.2 Å². The second kappa shape index (κ2) is 4.39. The normalized spacial score (nSPS) is 18.4. The lowest BCUT2D eigenvalue weighted by atomic mass is 10.1. The molecule has 23 heavy (non-hydrogen) atoms. The molecule has 0 spiro atoms. The zero-order valence-corrected chi connectivity index (χ0v) is 12.1. The standard InChI is InChI=1S/C16H13N5O2/c17-15-19-14(9-5-6-12-13(7-9)23-8-22-12)21-11-4-2-1-3-10(11)18-16(21)20-15/h1-7,14H,8H2,(H3,17,18,19,20). The van der Waals surface area contributed by atoms with Crippen molar-refractivity contribution in [2.24, 2.45) is 10.7 Å². The van der Waals surface area contributed by atoms with Crippen molar-refractivity contribution in [2.75, 3.05) is 12.1 Å². The van der Waals surface area contributed by atoms with E-state index in [1.807, 2.05) is 47.0 Å². The number of aliphatic imine (C=N–C) groups is 1. The molecule has 2 aromatic carbocycles. The van der Waals surface area contributed by atoms with Gasteiger partial charge in [0.15, 0.2) is 23.6 Å². The van der Waals surface area contributed by atoms with Crippen LogP contribution in [0.3, 0.4) is 0 Å². The number of imidazole rings is 1.